The van der Waals surface area contributed by atoms with Gasteiger partial charge < -0.3 is 14.4 Å². The topological polar surface area (TPSA) is 38.8 Å². The second-order valence-electron chi connectivity index (χ2n) is 5.14. The molecule has 0 spiro atoms. The van der Waals surface area contributed by atoms with E-state index in [9.17, 15) is 9.18 Å². The molecule has 114 valence electrons. The van der Waals surface area contributed by atoms with Crippen LogP contribution < -0.4 is 14.4 Å². The molecule has 0 bridgehead atoms. The van der Waals surface area contributed by atoms with Crippen LogP contribution in [-0.2, 0) is 4.79 Å². The summed E-state index contributed by atoms with van der Waals surface area (Å²) < 4.78 is 24.0. The van der Waals surface area contributed by atoms with Crippen molar-refractivity contribution in [3.63, 3.8) is 0 Å². The molecule has 1 unspecified atom stereocenters. The van der Waals surface area contributed by atoms with E-state index < -0.39 is 0 Å². The third-order valence-electron chi connectivity index (χ3n) is 3.40. The zero-order valence-electron chi connectivity index (χ0n) is 12.2. The molecular weight excluding hydrogens is 285 g/mol. The van der Waals surface area contributed by atoms with E-state index in [4.69, 9.17) is 9.47 Å². The van der Waals surface area contributed by atoms with Crippen LogP contribution >= 0.6 is 0 Å². The highest BCUT2D eigenvalue weighted by molar-refractivity contribution is 5.96. The first-order valence-corrected chi connectivity index (χ1v) is 7.08. The number of rotatable bonds is 3. The average Bonchev–Trinajstić information content (AvgIpc) is 2.53. The highest BCUT2D eigenvalue weighted by atomic mass is 19.1. The molecule has 2 aromatic carbocycles. The van der Waals surface area contributed by atoms with Crippen molar-refractivity contribution in [2.75, 3.05) is 18.1 Å². The smallest absolute Gasteiger partial charge is 0.265 e. The van der Waals surface area contributed by atoms with Crippen LogP contribution in [0.4, 0.5) is 10.1 Å². The monoisotopic (exact) mass is 301 g/mol. The molecule has 1 amide bonds. The third kappa shape index (κ3) is 3.03. The van der Waals surface area contributed by atoms with Gasteiger partial charge >= 0.3 is 0 Å². The summed E-state index contributed by atoms with van der Waals surface area (Å²) in [6.07, 6.45) is -0.0790. The summed E-state index contributed by atoms with van der Waals surface area (Å²) in [5, 5.41) is 0. The van der Waals surface area contributed by atoms with Crippen molar-refractivity contribution in [3.8, 4) is 11.5 Å². The number of hydrogen-bond acceptors (Lipinski definition) is 3. The van der Waals surface area contributed by atoms with Crippen molar-refractivity contribution in [1.29, 1.82) is 0 Å². The maximum Gasteiger partial charge on any atom is 0.265 e. The molecule has 0 saturated heterocycles. The van der Waals surface area contributed by atoms with Crippen molar-refractivity contribution in [2.24, 2.45) is 0 Å². The lowest BCUT2D eigenvalue weighted by Crippen LogP contribution is -2.44. The molecule has 1 atom stereocenters. The molecule has 22 heavy (non-hydrogen) atoms. The minimum Gasteiger partial charge on any atom is -0.487 e. The van der Waals surface area contributed by atoms with Crippen molar-refractivity contribution in [2.45, 2.75) is 13.0 Å². The molecule has 3 rings (SSSR count). The first-order valence-electron chi connectivity index (χ1n) is 7.08. The molecule has 4 nitrogen and oxygen atoms in total. The molecule has 1 heterocycles. The Balaban J connectivity index is 1.71. The van der Waals surface area contributed by atoms with Crippen LogP contribution in [0.3, 0.4) is 0 Å². The molecule has 0 aromatic heterocycles. The predicted molar refractivity (Wildman–Crippen MR) is 80.8 cm³/mol. The number of anilines is 1. The summed E-state index contributed by atoms with van der Waals surface area (Å²) in [7, 11) is 0. The summed E-state index contributed by atoms with van der Waals surface area (Å²) in [5.41, 5.74) is 0.744. The van der Waals surface area contributed by atoms with E-state index in [0.29, 0.717) is 18.0 Å². The van der Waals surface area contributed by atoms with Crippen LogP contribution in [0.15, 0.2) is 48.5 Å². The quantitative estimate of drug-likeness (QED) is 0.874. The maximum atomic E-state index is 12.8. The zero-order valence-corrected chi connectivity index (χ0v) is 12.2. The van der Waals surface area contributed by atoms with Gasteiger partial charge in [-0.25, -0.2) is 4.39 Å². The largest absolute Gasteiger partial charge is 0.487 e. The van der Waals surface area contributed by atoms with E-state index in [0.717, 1.165) is 5.69 Å². The fraction of sp³-hybridized carbons (Fsp3) is 0.235. The van der Waals surface area contributed by atoms with Crippen LogP contribution in [0, 0.1) is 5.82 Å². The minimum absolute atomic E-state index is 0.0790. The van der Waals surface area contributed by atoms with Crippen molar-refractivity contribution >= 4 is 11.6 Å². The Morgan fingerprint density at radius 1 is 1.27 bits per heavy atom. The van der Waals surface area contributed by atoms with Gasteiger partial charge in [-0.15, -0.1) is 0 Å². The normalized spacial score (nSPS) is 16.6. The van der Waals surface area contributed by atoms with E-state index in [1.807, 2.05) is 31.2 Å². The van der Waals surface area contributed by atoms with E-state index in [1.165, 1.54) is 24.3 Å². The van der Waals surface area contributed by atoms with E-state index >= 15 is 0 Å². The fourth-order valence-electron chi connectivity index (χ4n) is 2.38. The number of carbonyl (C=O) groups is 1. The number of hydrogen-bond donors (Lipinski definition) is 0. The molecule has 0 aliphatic carbocycles. The fourth-order valence-corrected chi connectivity index (χ4v) is 2.38. The molecule has 2 aromatic rings. The van der Waals surface area contributed by atoms with Gasteiger partial charge in [0, 0.05) is 0 Å². The number of para-hydroxylation sites is 2. The van der Waals surface area contributed by atoms with Crippen molar-refractivity contribution < 1.29 is 18.7 Å². The second-order valence-corrected chi connectivity index (χ2v) is 5.14. The first kappa shape index (κ1) is 14.4. The van der Waals surface area contributed by atoms with Crippen LogP contribution in [0.2, 0.25) is 0 Å². The lowest BCUT2D eigenvalue weighted by molar-refractivity contribution is -0.121. The summed E-state index contributed by atoms with van der Waals surface area (Å²) in [6, 6.07) is 13.0. The lowest BCUT2D eigenvalue weighted by atomic mass is 10.2. The minimum atomic E-state index is -0.338. The number of ether oxygens (including phenoxy) is 2. The molecule has 0 radical (unpaired) electrons. The Morgan fingerprint density at radius 3 is 2.77 bits per heavy atom. The van der Waals surface area contributed by atoms with Gasteiger partial charge in [0.1, 0.15) is 23.4 Å². The van der Waals surface area contributed by atoms with Crippen molar-refractivity contribution in [1.82, 2.24) is 0 Å². The number of carbonyl (C=O) groups excluding carboxylic acids is 1. The number of nitrogens with zero attached hydrogens (tertiary/aromatic N) is 1. The first-order chi connectivity index (χ1) is 10.6. The molecule has 1 aliphatic heterocycles. The van der Waals surface area contributed by atoms with E-state index in [2.05, 4.69) is 0 Å². The van der Waals surface area contributed by atoms with Crippen LogP contribution in [0.25, 0.3) is 0 Å². The third-order valence-corrected chi connectivity index (χ3v) is 3.40. The Bertz CT molecular complexity index is 672. The number of amides is 1. The number of halogens is 1. The summed E-state index contributed by atoms with van der Waals surface area (Å²) in [4.78, 5) is 14.1. The second kappa shape index (κ2) is 6.05. The van der Waals surface area contributed by atoms with Gasteiger partial charge in [0.2, 0.25) is 0 Å². The zero-order chi connectivity index (χ0) is 15.5. The Morgan fingerprint density at radius 2 is 2.00 bits per heavy atom. The number of fused-ring (bicyclic) bond motifs is 1. The lowest BCUT2D eigenvalue weighted by Gasteiger charge is -2.33. The molecule has 1 aliphatic rings. The van der Waals surface area contributed by atoms with E-state index in [1.54, 1.807) is 4.90 Å². The van der Waals surface area contributed by atoms with Gasteiger partial charge in [-0.05, 0) is 43.3 Å². The molecule has 0 saturated carbocycles. The van der Waals surface area contributed by atoms with Crippen LogP contribution in [0.5, 0.6) is 11.5 Å². The van der Waals surface area contributed by atoms with Gasteiger partial charge in [-0.2, -0.15) is 0 Å². The van der Waals surface area contributed by atoms with E-state index in [-0.39, 0.29) is 24.4 Å². The molecule has 0 N–H and O–H groups in total. The maximum absolute atomic E-state index is 12.8. The van der Waals surface area contributed by atoms with Gasteiger partial charge in [0.05, 0.1) is 12.2 Å². The molecular formula is C17H16FNO3. The predicted octanol–water partition coefficient (Wildman–Crippen LogP) is 3.02. The average molecular weight is 301 g/mol. The Kier molecular flexibility index (Phi) is 3.96. The van der Waals surface area contributed by atoms with Crippen molar-refractivity contribution in [3.05, 3.63) is 54.3 Å². The number of benzene rings is 2. The van der Waals surface area contributed by atoms with Crippen LogP contribution in [0.1, 0.15) is 6.92 Å². The summed E-state index contributed by atoms with van der Waals surface area (Å²) >= 11 is 0. The van der Waals surface area contributed by atoms with Gasteiger partial charge in [-0.1, -0.05) is 12.1 Å². The summed E-state index contributed by atoms with van der Waals surface area (Å²) in [5.74, 6) is 0.655. The molecule has 5 heteroatoms. The highest BCUT2D eigenvalue weighted by Gasteiger charge is 2.27. The summed E-state index contributed by atoms with van der Waals surface area (Å²) in [6.45, 7) is 2.28. The van der Waals surface area contributed by atoms with Crippen LogP contribution in [-0.4, -0.2) is 25.2 Å². The Labute approximate surface area is 128 Å². The van der Waals surface area contributed by atoms with Gasteiger partial charge in [0.15, 0.2) is 6.61 Å². The Hall–Kier alpha value is -2.56. The standard InChI is InChI=1S/C17H16FNO3/c1-12-10-19(15-4-2-3-5-16(15)22-12)17(20)11-21-14-8-6-13(18)7-9-14/h2-9,12H,10-11H2,1H3. The molecule has 0 fully saturated rings. The SMILES string of the molecule is CC1CN(C(=O)COc2ccc(F)cc2)c2ccccc2O1. The van der Waals surface area contributed by atoms with Gasteiger partial charge in [-0.3, -0.25) is 4.79 Å². The van der Waals surface area contributed by atoms with Gasteiger partial charge in [0.25, 0.3) is 5.91 Å². The highest BCUT2D eigenvalue weighted by Crippen LogP contribution is 2.33.